The van der Waals surface area contributed by atoms with E-state index in [4.69, 9.17) is 33.3 Å². The van der Waals surface area contributed by atoms with Crippen LogP contribution in [0.1, 0.15) is 36.8 Å². The van der Waals surface area contributed by atoms with Gasteiger partial charge in [-0.05, 0) is 54.3 Å². The van der Waals surface area contributed by atoms with E-state index in [2.05, 4.69) is 0 Å². The number of thiocarbonyl (C=S) groups is 1. The highest BCUT2D eigenvalue weighted by Gasteiger charge is 2.38. The van der Waals surface area contributed by atoms with Gasteiger partial charge in [-0.1, -0.05) is 66.6 Å². The fourth-order valence-corrected chi connectivity index (χ4v) is 5.27. The van der Waals surface area contributed by atoms with Crippen LogP contribution >= 0.6 is 35.6 Å². The van der Waals surface area contributed by atoms with Crippen molar-refractivity contribution in [3.63, 3.8) is 0 Å². The van der Waals surface area contributed by atoms with Crippen molar-refractivity contribution in [2.45, 2.75) is 38.3 Å². The summed E-state index contributed by atoms with van der Waals surface area (Å²) in [5.41, 5.74) is 1.89. The summed E-state index contributed by atoms with van der Waals surface area (Å²) in [4.78, 5) is 15.4. The van der Waals surface area contributed by atoms with E-state index in [-0.39, 0.29) is 11.9 Å². The first-order chi connectivity index (χ1) is 14.5. The maximum atomic E-state index is 12.9. The molecule has 30 heavy (non-hydrogen) atoms. The summed E-state index contributed by atoms with van der Waals surface area (Å²) in [5.74, 6) is 1.27. The van der Waals surface area contributed by atoms with Crippen molar-refractivity contribution in [3.05, 3.63) is 63.5 Å². The van der Waals surface area contributed by atoms with Gasteiger partial charge in [0.1, 0.15) is 10.9 Å². The summed E-state index contributed by atoms with van der Waals surface area (Å²) >= 11 is 12.8. The molecule has 0 N–H and O–H groups in total. The fraction of sp³-hybridized carbons (Fsp3) is 0.304. The molecular weight excluding hydrogens is 438 g/mol. The second-order valence-corrected chi connectivity index (χ2v) is 9.43. The molecule has 0 spiro atoms. The minimum absolute atomic E-state index is 0.0129. The number of halogens is 1. The highest BCUT2D eigenvalue weighted by atomic mass is 35.5. The molecule has 2 aliphatic rings. The lowest BCUT2D eigenvalue weighted by atomic mass is 10.1. The lowest BCUT2D eigenvalue weighted by Gasteiger charge is -2.21. The van der Waals surface area contributed by atoms with Crippen LogP contribution in [0.2, 0.25) is 5.02 Å². The van der Waals surface area contributed by atoms with Gasteiger partial charge in [0.15, 0.2) is 11.5 Å². The summed E-state index contributed by atoms with van der Waals surface area (Å²) in [6.07, 6.45) is 6.27. The minimum atomic E-state index is 0.0129. The molecule has 2 aromatic rings. The molecule has 1 saturated heterocycles. The Hall–Kier alpha value is -2.02. The fourth-order valence-electron chi connectivity index (χ4n) is 3.74. The van der Waals surface area contributed by atoms with Crippen molar-refractivity contribution in [3.8, 4) is 11.5 Å². The van der Waals surface area contributed by atoms with Crippen molar-refractivity contribution >= 4 is 51.9 Å². The standard InChI is InChI=1S/C23H22ClNO3S2/c1-27-20-12-16(8-11-19(20)28-14-15-6-9-17(24)10-7-15)13-21-22(26)25(23(29)30-21)18-4-2-3-5-18/h6-13,18H,2-5,14H2,1H3/b21-13-. The van der Waals surface area contributed by atoms with Crippen LogP contribution in [0, 0.1) is 0 Å². The Bertz CT molecular complexity index is 984. The average molecular weight is 460 g/mol. The second-order valence-electron chi connectivity index (χ2n) is 7.32. The predicted molar refractivity (Wildman–Crippen MR) is 126 cm³/mol. The Morgan fingerprint density at radius 3 is 2.60 bits per heavy atom. The van der Waals surface area contributed by atoms with Crippen molar-refractivity contribution in [1.29, 1.82) is 0 Å². The average Bonchev–Trinajstić information content (AvgIpc) is 3.36. The topological polar surface area (TPSA) is 38.8 Å². The molecule has 1 amide bonds. The maximum absolute atomic E-state index is 12.9. The summed E-state index contributed by atoms with van der Waals surface area (Å²) in [5, 5.41) is 0.694. The lowest BCUT2D eigenvalue weighted by Crippen LogP contribution is -2.36. The van der Waals surface area contributed by atoms with Gasteiger partial charge in [-0.3, -0.25) is 9.69 Å². The molecule has 156 valence electrons. The number of carbonyl (C=O) groups excluding carboxylic acids is 1. The van der Waals surface area contributed by atoms with Gasteiger partial charge in [-0.25, -0.2) is 0 Å². The molecule has 0 bridgehead atoms. The highest BCUT2D eigenvalue weighted by molar-refractivity contribution is 8.26. The molecular formula is C23H22ClNO3S2. The van der Waals surface area contributed by atoms with Crippen LogP contribution in [-0.4, -0.2) is 28.3 Å². The second kappa shape index (κ2) is 9.41. The van der Waals surface area contributed by atoms with Crippen LogP contribution < -0.4 is 9.47 Å². The van der Waals surface area contributed by atoms with E-state index in [0.29, 0.717) is 32.4 Å². The Labute approximate surface area is 191 Å². The van der Waals surface area contributed by atoms with Gasteiger partial charge in [0, 0.05) is 11.1 Å². The van der Waals surface area contributed by atoms with Crippen LogP contribution in [0.25, 0.3) is 6.08 Å². The summed E-state index contributed by atoms with van der Waals surface area (Å²) in [6.45, 7) is 0.410. The monoisotopic (exact) mass is 459 g/mol. The van der Waals surface area contributed by atoms with E-state index >= 15 is 0 Å². The van der Waals surface area contributed by atoms with E-state index in [1.807, 2.05) is 48.5 Å². The third kappa shape index (κ3) is 4.66. The lowest BCUT2D eigenvalue weighted by molar-refractivity contribution is -0.123. The molecule has 0 radical (unpaired) electrons. The number of nitrogens with zero attached hydrogens (tertiary/aromatic N) is 1. The van der Waals surface area contributed by atoms with Crippen molar-refractivity contribution in [2.24, 2.45) is 0 Å². The smallest absolute Gasteiger partial charge is 0.266 e. The predicted octanol–water partition coefficient (Wildman–Crippen LogP) is 6.07. The molecule has 1 saturated carbocycles. The van der Waals surface area contributed by atoms with Crippen molar-refractivity contribution < 1.29 is 14.3 Å². The molecule has 2 fully saturated rings. The van der Waals surface area contributed by atoms with E-state index in [9.17, 15) is 4.79 Å². The Morgan fingerprint density at radius 1 is 1.17 bits per heavy atom. The van der Waals surface area contributed by atoms with Crippen LogP contribution in [0.3, 0.4) is 0 Å². The zero-order valence-corrected chi connectivity index (χ0v) is 19.0. The normalized spacial score (nSPS) is 18.5. The molecule has 2 aromatic carbocycles. The number of ether oxygens (including phenoxy) is 2. The number of carbonyl (C=O) groups is 1. The van der Waals surface area contributed by atoms with Crippen molar-refractivity contribution in [1.82, 2.24) is 4.90 Å². The first-order valence-corrected chi connectivity index (χ1v) is 11.5. The van der Waals surface area contributed by atoms with Crippen molar-refractivity contribution in [2.75, 3.05) is 7.11 Å². The Kier molecular flexibility index (Phi) is 6.66. The number of hydrogen-bond donors (Lipinski definition) is 0. The van der Waals surface area contributed by atoms with E-state index < -0.39 is 0 Å². The number of methoxy groups -OCH3 is 1. The molecule has 0 atom stereocenters. The third-order valence-electron chi connectivity index (χ3n) is 5.31. The molecule has 0 unspecified atom stereocenters. The van der Waals surface area contributed by atoms with Gasteiger partial charge in [-0.15, -0.1) is 0 Å². The Morgan fingerprint density at radius 2 is 1.90 bits per heavy atom. The molecule has 1 aliphatic carbocycles. The highest BCUT2D eigenvalue weighted by Crippen LogP contribution is 2.38. The van der Waals surface area contributed by atoms with Crippen LogP contribution in [-0.2, 0) is 11.4 Å². The zero-order chi connectivity index (χ0) is 21.1. The molecule has 7 heteroatoms. The number of rotatable bonds is 6. The SMILES string of the molecule is COc1cc(/C=C2\SC(=S)N(C3CCCC3)C2=O)ccc1OCc1ccc(Cl)cc1. The molecule has 4 nitrogen and oxygen atoms in total. The van der Waals surface area contributed by atoms with E-state index in [1.54, 1.807) is 12.0 Å². The molecule has 4 rings (SSSR count). The Balaban J connectivity index is 1.49. The van der Waals surface area contributed by atoms with Gasteiger partial charge in [0.2, 0.25) is 0 Å². The van der Waals surface area contributed by atoms with Gasteiger partial charge in [0.25, 0.3) is 5.91 Å². The number of benzene rings is 2. The van der Waals surface area contributed by atoms with Crippen LogP contribution in [0.5, 0.6) is 11.5 Å². The molecule has 1 heterocycles. The first kappa shape index (κ1) is 21.2. The van der Waals surface area contributed by atoms with Gasteiger partial charge in [0.05, 0.1) is 12.0 Å². The zero-order valence-electron chi connectivity index (χ0n) is 16.6. The van der Waals surface area contributed by atoms with Gasteiger partial charge in [-0.2, -0.15) is 0 Å². The summed E-state index contributed by atoms with van der Waals surface area (Å²) in [6, 6.07) is 13.4. The maximum Gasteiger partial charge on any atom is 0.266 e. The minimum Gasteiger partial charge on any atom is -0.493 e. The number of thioether (sulfide) groups is 1. The summed E-state index contributed by atoms with van der Waals surface area (Å²) < 4.78 is 12.1. The van der Waals surface area contributed by atoms with Gasteiger partial charge >= 0.3 is 0 Å². The molecule has 0 aromatic heterocycles. The van der Waals surface area contributed by atoms with E-state index in [1.165, 1.54) is 11.8 Å². The van der Waals surface area contributed by atoms with Crippen LogP contribution in [0.4, 0.5) is 0 Å². The van der Waals surface area contributed by atoms with E-state index in [0.717, 1.165) is 36.8 Å². The van der Waals surface area contributed by atoms with Crippen LogP contribution in [0.15, 0.2) is 47.4 Å². The summed E-state index contributed by atoms with van der Waals surface area (Å²) in [7, 11) is 1.60. The quantitative estimate of drug-likeness (QED) is 0.387. The number of hydrogen-bond acceptors (Lipinski definition) is 5. The largest absolute Gasteiger partial charge is 0.493 e. The molecule has 1 aliphatic heterocycles. The number of amides is 1. The third-order valence-corrected chi connectivity index (χ3v) is 6.89. The van der Waals surface area contributed by atoms with Gasteiger partial charge < -0.3 is 9.47 Å². The first-order valence-electron chi connectivity index (χ1n) is 9.87.